The molecule has 1 aromatic rings. The topological polar surface area (TPSA) is 57.1 Å². The molecule has 0 saturated heterocycles. The zero-order valence-corrected chi connectivity index (χ0v) is 11.3. The number of hydrogen-bond donors (Lipinski definition) is 0. The fraction of sp³-hybridized carbons (Fsp3) is 0.429. The van der Waals surface area contributed by atoms with Crippen molar-refractivity contribution in [2.24, 2.45) is 5.16 Å². The monoisotopic (exact) mass is 263 g/mol. The summed E-state index contributed by atoms with van der Waals surface area (Å²) in [6.07, 6.45) is 0.401. The van der Waals surface area contributed by atoms with Crippen LogP contribution in [0.1, 0.15) is 25.8 Å². The number of rotatable bonds is 4. The predicted molar refractivity (Wildman–Crippen MR) is 70.3 cm³/mol. The lowest BCUT2D eigenvalue weighted by Crippen LogP contribution is -2.37. The summed E-state index contributed by atoms with van der Waals surface area (Å²) < 4.78 is 10.1. The van der Waals surface area contributed by atoms with Crippen LogP contribution in [0.25, 0.3) is 0 Å². The first-order valence-corrected chi connectivity index (χ1v) is 6.16. The van der Waals surface area contributed by atoms with Crippen molar-refractivity contribution >= 4 is 11.7 Å². The van der Waals surface area contributed by atoms with Crippen LogP contribution in [0.4, 0.5) is 0 Å². The Bertz CT molecular complexity index is 495. The van der Waals surface area contributed by atoms with E-state index in [0.29, 0.717) is 13.0 Å². The van der Waals surface area contributed by atoms with Crippen LogP contribution in [0.3, 0.4) is 0 Å². The maximum atomic E-state index is 11.8. The highest BCUT2D eigenvalue weighted by Gasteiger charge is 2.43. The quantitative estimate of drug-likeness (QED) is 0.781. The van der Waals surface area contributed by atoms with Gasteiger partial charge in [-0.05, 0) is 43.7 Å². The van der Waals surface area contributed by atoms with Crippen LogP contribution in [0.15, 0.2) is 29.4 Å². The van der Waals surface area contributed by atoms with Gasteiger partial charge in [-0.25, -0.2) is 4.79 Å². The molecule has 5 heteroatoms. The van der Waals surface area contributed by atoms with Crippen LogP contribution in [-0.2, 0) is 14.4 Å². The van der Waals surface area contributed by atoms with E-state index in [2.05, 4.69) is 5.16 Å². The fourth-order valence-electron chi connectivity index (χ4n) is 1.87. The van der Waals surface area contributed by atoms with Crippen molar-refractivity contribution in [3.63, 3.8) is 0 Å². The lowest BCUT2D eigenvalue weighted by Gasteiger charge is -2.18. The number of oxime groups is 1. The van der Waals surface area contributed by atoms with Crippen molar-refractivity contribution in [1.29, 1.82) is 0 Å². The van der Waals surface area contributed by atoms with Crippen molar-refractivity contribution in [2.45, 2.75) is 25.9 Å². The molecule has 1 heterocycles. The summed E-state index contributed by atoms with van der Waals surface area (Å²) in [6, 6.07) is 7.46. The number of benzene rings is 1. The Morgan fingerprint density at radius 3 is 2.68 bits per heavy atom. The predicted octanol–water partition coefficient (Wildman–Crippen LogP) is 2.14. The van der Waals surface area contributed by atoms with Gasteiger partial charge in [0.25, 0.3) is 0 Å². The van der Waals surface area contributed by atoms with E-state index in [1.165, 1.54) is 0 Å². The molecule has 0 radical (unpaired) electrons. The van der Waals surface area contributed by atoms with E-state index in [1.807, 2.05) is 24.3 Å². The van der Waals surface area contributed by atoms with Gasteiger partial charge < -0.3 is 14.3 Å². The number of esters is 1. The molecular weight excluding hydrogens is 246 g/mol. The minimum Gasteiger partial charge on any atom is -0.497 e. The fourth-order valence-corrected chi connectivity index (χ4v) is 1.87. The molecule has 1 aliphatic heterocycles. The highest BCUT2D eigenvalue weighted by atomic mass is 16.7. The van der Waals surface area contributed by atoms with Crippen molar-refractivity contribution < 1.29 is 19.1 Å². The van der Waals surface area contributed by atoms with Gasteiger partial charge in [-0.2, -0.15) is 0 Å². The number of carbonyl (C=O) groups excluding carboxylic acids is 1. The number of hydrogen-bond acceptors (Lipinski definition) is 5. The Morgan fingerprint density at radius 2 is 2.11 bits per heavy atom. The SMILES string of the molecule is CCOC(=O)C1(C)CC(c2ccc(OC)cc2)=NO1. The first-order valence-electron chi connectivity index (χ1n) is 6.16. The summed E-state index contributed by atoms with van der Waals surface area (Å²) in [4.78, 5) is 17.1. The molecule has 0 spiro atoms. The number of ether oxygens (including phenoxy) is 2. The summed E-state index contributed by atoms with van der Waals surface area (Å²) in [5.41, 5.74) is 0.623. The van der Waals surface area contributed by atoms with Crippen LogP contribution >= 0.6 is 0 Å². The van der Waals surface area contributed by atoms with Gasteiger partial charge in [-0.3, -0.25) is 0 Å². The normalized spacial score (nSPS) is 21.5. The molecule has 5 nitrogen and oxygen atoms in total. The summed E-state index contributed by atoms with van der Waals surface area (Å²) in [7, 11) is 1.61. The average molecular weight is 263 g/mol. The standard InChI is InChI=1S/C14H17NO4/c1-4-18-13(16)14(2)9-12(15-19-14)10-5-7-11(17-3)8-6-10/h5-8H,4,9H2,1-3H3. The third kappa shape index (κ3) is 2.70. The minimum absolute atomic E-state index is 0.329. The van der Waals surface area contributed by atoms with E-state index in [1.54, 1.807) is 21.0 Å². The second kappa shape index (κ2) is 5.30. The molecule has 0 amide bonds. The van der Waals surface area contributed by atoms with Gasteiger partial charge in [-0.1, -0.05) is 5.16 Å². The molecule has 0 aliphatic carbocycles. The molecule has 1 atom stereocenters. The molecule has 19 heavy (non-hydrogen) atoms. The molecule has 2 rings (SSSR count). The van der Waals surface area contributed by atoms with Crippen LogP contribution in [0, 0.1) is 0 Å². The number of methoxy groups -OCH3 is 1. The molecule has 1 unspecified atom stereocenters. The smallest absolute Gasteiger partial charge is 0.353 e. The van der Waals surface area contributed by atoms with E-state index in [-0.39, 0.29) is 5.97 Å². The van der Waals surface area contributed by atoms with Crippen molar-refractivity contribution in [3.8, 4) is 5.75 Å². The molecule has 0 aromatic heterocycles. The van der Waals surface area contributed by atoms with Gasteiger partial charge in [0.1, 0.15) is 5.75 Å². The van der Waals surface area contributed by atoms with E-state index >= 15 is 0 Å². The Kier molecular flexibility index (Phi) is 3.74. The zero-order chi connectivity index (χ0) is 13.9. The molecule has 0 saturated carbocycles. The Hall–Kier alpha value is -2.04. The zero-order valence-electron chi connectivity index (χ0n) is 11.3. The highest BCUT2D eigenvalue weighted by molar-refractivity contribution is 6.04. The van der Waals surface area contributed by atoms with Gasteiger partial charge in [0.05, 0.1) is 19.4 Å². The van der Waals surface area contributed by atoms with Crippen molar-refractivity contribution in [1.82, 2.24) is 0 Å². The van der Waals surface area contributed by atoms with Gasteiger partial charge in [0, 0.05) is 6.42 Å². The molecule has 102 valence electrons. The first kappa shape index (κ1) is 13.4. The number of carbonyl (C=O) groups is 1. The van der Waals surface area contributed by atoms with Crippen molar-refractivity contribution in [3.05, 3.63) is 29.8 Å². The third-order valence-corrected chi connectivity index (χ3v) is 2.99. The Labute approximate surface area is 112 Å². The molecule has 0 N–H and O–H groups in total. The van der Waals surface area contributed by atoms with Crippen LogP contribution in [0.2, 0.25) is 0 Å². The van der Waals surface area contributed by atoms with E-state index in [0.717, 1.165) is 17.0 Å². The Morgan fingerprint density at radius 1 is 1.42 bits per heavy atom. The molecule has 0 fully saturated rings. The summed E-state index contributed by atoms with van der Waals surface area (Å²) in [5.74, 6) is 0.388. The van der Waals surface area contributed by atoms with Gasteiger partial charge >= 0.3 is 5.97 Å². The van der Waals surface area contributed by atoms with Crippen LogP contribution in [0.5, 0.6) is 5.75 Å². The van der Waals surface area contributed by atoms with Crippen molar-refractivity contribution in [2.75, 3.05) is 13.7 Å². The largest absolute Gasteiger partial charge is 0.497 e. The molecular formula is C14H17NO4. The second-order valence-electron chi connectivity index (χ2n) is 4.49. The van der Waals surface area contributed by atoms with Crippen LogP contribution in [-0.4, -0.2) is 31.0 Å². The van der Waals surface area contributed by atoms with Gasteiger partial charge in [0.15, 0.2) is 0 Å². The first-order chi connectivity index (χ1) is 9.09. The maximum absolute atomic E-state index is 11.8. The summed E-state index contributed by atoms with van der Waals surface area (Å²) in [5, 5.41) is 3.99. The summed E-state index contributed by atoms with van der Waals surface area (Å²) >= 11 is 0. The lowest BCUT2D eigenvalue weighted by molar-refractivity contribution is -0.166. The molecule has 1 aromatic carbocycles. The molecule has 1 aliphatic rings. The van der Waals surface area contributed by atoms with Gasteiger partial charge in [-0.15, -0.1) is 0 Å². The van der Waals surface area contributed by atoms with E-state index < -0.39 is 5.60 Å². The Balaban J connectivity index is 2.10. The second-order valence-corrected chi connectivity index (χ2v) is 4.49. The maximum Gasteiger partial charge on any atom is 0.353 e. The number of nitrogens with zero attached hydrogens (tertiary/aromatic N) is 1. The summed E-state index contributed by atoms with van der Waals surface area (Å²) in [6.45, 7) is 3.78. The minimum atomic E-state index is -1.02. The van der Waals surface area contributed by atoms with E-state index in [4.69, 9.17) is 14.3 Å². The average Bonchev–Trinajstić information content (AvgIpc) is 2.83. The lowest BCUT2D eigenvalue weighted by atomic mass is 9.96. The molecule has 0 bridgehead atoms. The van der Waals surface area contributed by atoms with Crippen LogP contribution < -0.4 is 4.74 Å². The van der Waals surface area contributed by atoms with Gasteiger partial charge in [0.2, 0.25) is 5.60 Å². The van der Waals surface area contributed by atoms with E-state index in [9.17, 15) is 4.79 Å². The third-order valence-electron chi connectivity index (χ3n) is 2.99. The highest BCUT2D eigenvalue weighted by Crippen LogP contribution is 2.28.